The minimum atomic E-state index is -4.39. The number of rotatable bonds is 4. The summed E-state index contributed by atoms with van der Waals surface area (Å²) in [5.41, 5.74) is -0.292. The number of likely N-dealkylation sites (tertiary alicyclic amines) is 1. The van der Waals surface area contributed by atoms with Gasteiger partial charge < -0.3 is 4.90 Å². The van der Waals surface area contributed by atoms with E-state index in [1.54, 1.807) is 19.0 Å². The van der Waals surface area contributed by atoms with Crippen molar-refractivity contribution in [3.8, 4) is 5.69 Å². The number of amides is 1. The summed E-state index contributed by atoms with van der Waals surface area (Å²) in [6, 6.07) is 4.41. The first-order valence-corrected chi connectivity index (χ1v) is 8.17. The van der Waals surface area contributed by atoms with Gasteiger partial charge in [0.15, 0.2) is 5.82 Å². The highest BCUT2D eigenvalue weighted by Crippen LogP contribution is 2.29. The van der Waals surface area contributed by atoms with Crippen molar-refractivity contribution < 1.29 is 18.0 Å². The molecule has 2 aromatic rings. The van der Waals surface area contributed by atoms with Crippen LogP contribution < -0.4 is 0 Å². The lowest BCUT2D eigenvalue weighted by atomic mass is 10.2. The average molecular weight is 368 g/mol. The lowest BCUT2D eigenvalue weighted by Crippen LogP contribution is -2.42. The van der Waals surface area contributed by atoms with E-state index in [9.17, 15) is 18.0 Å². The second-order valence-corrected chi connectivity index (χ2v) is 6.41. The van der Waals surface area contributed by atoms with Crippen LogP contribution in [0, 0.1) is 0 Å². The number of nitrogens with zero attached hydrogens (tertiary/aromatic N) is 6. The molecule has 1 aromatic carbocycles. The third-order valence-electron chi connectivity index (χ3n) is 4.41. The van der Waals surface area contributed by atoms with Crippen molar-refractivity contribution in [1.82, 2.24) is 30.0 Å². The zero-order chi connectivity index (χ0) is 18.9. The van der Waals surface area contributed by atoms with E-state index >= 15 is 0 Å². The number of tetrazole rings is 1. The number of hydrogen-bond acceptors (Lipinski definition) is 5. The van der Waals surface area contributed by atoms with E-state index in [1.165, 1.54) is 16.8 Å². The van der Waals surface area contributed by atoms with E-state index in [0.29, 0.717) is 18.1 Å². The van der Waals surface area contributed by atoms with Gasteiger partial charge in [0.05, 0.1) is 23.8 Å². The van der Waals surface area contributed by atoms with Crippen LogP contribution in [0.5, 0.6) is 0 Å². The minimum absolute atomic E-state index is 0.0241. The van der Waals surface area contributed by atoms with E-state index in [1.807, 2.05) is 4.90 Å². The maximum Gasteiger partial charge on any atom is 0.416 e. The van der Waals surface area contributed by atoms with E-state index in [0.717, 1.165) is 31.5 Å². The maximum absolute atomic E-state index is 12.7. The van der Waals surface area contributed by atoms with Crippen LogP contribution in [0.3, 0.4) is 0 Å². The van der Waals surface area contributed by atoms with E-state index in [2.05, 4.69) is 15.5 Å². The van der Waals surface area contributed by atoms with Crippen LogP contribution in [-0.2, 0) is 17.5 Å². The molecule has 1 aliphatic heterocycles. The van der Waals surface area contributed by atoms with Crippen molar-refractivity contribution in [2.45, 2.75) is 31.6 Å². The Morgan fingerprint density at radius 2 is 1.96 bits per heavy atom. The molecule has 10 heteroatoms. The Hall–Kier alpha value is -2.49. The molecule has 1 aromatic heterocycles. The van der Waals surface area contributed by atoms with E-state index in [-0.39, 0.29) is 11.9 Å². The zero-order valence-electron chi connectivity index (χ0n) is 14.4. The molecule has 7 nitrogen and oxygen atoms in total. The van der Waals surface area contributed by atoms with Gasteiger partial charge in [-0.1, -0.05) is 0 Å². The Bertz CT molecular complexity index is 771. The van der Waals surface area contributed by atoms with Crippen molar-refractivity contribution in [2.75, 3.05) is 20.6 Å². The van der Waals surface area contributed by atoms with Gasteiger partial charge in [-0.25, -0.2) is 0 Å². The molecule has 1 amide bonds. The van der Waals surface area contributed by atoms with Crippen LogP contribution in [-0.4, -0.2) is 62.6 Å². The minimum Gasteiger partial charge on any atom is -0.347 e. The molecule has 3 rings (SSSR count). The zero-order valence-corrected chi connectivity index (χ0v) is 14.4. The first-order chi connectivity index (χ1) is 12.3. The number of likely N-dealkylation sites (N-methyl/N-ethyl adjacent to an activating group) is 1. The highest BCUT2D eigenvalue weighted by molar-refractivity contribution is 5.81. The van der Waals surface area contributed by atoms with Crippen molar-refractivity contribution in [1.29, 1.82) is 0 Å². The monoisotopic (exact) mass is 368 g/mol. The maximum atomic E-state index is 12.7. The Morgan fingerprint density at radius 1 is 1.27 bits per heavy atom. The summed E-state index contributed by atoms with van der Waals surface area (Å²) < 4.78 is 39.5. The second kappa shape index (κ2) is 7.02. The molecule has 26 heavy (non-hydrogen) atoms. The molecule has 0 radical (unpaired) electrons. The molecule has 0 aliphatic carbocycles. The molecule has 0 spiro atoms. The van der Waals surface area contributed by atoms with E-state index < -0.39 is 11.7 Å². The SMILES string of the molecule is CN(C)C(=O)[C@H]1CCCN1Cc1nnnn1-c1ccc(C(F)(F)F)cc1. The first kappa shape index (κ1) is 18.3. The van der Waals surface area contributed by atoms with Gasteiger partial charge in [-0.15, -0.1) is 5.10 Å². The predicted molar refractivity (Wildman–Crippen MR) is 86.3 cm³/mol. The number of carbonyl (C=O) groups is 1. The molecule has 0 saturated carbocycles. The topological polar surface area (TPSA) is 67.2 Å². The highest BCUT2D eigenvalue weighted by Gasteiger charge is 2.33. The Morgan fingerprint density at radius 3 is 2.58 bits per heavy atom. The van der Waals surface area contributed by atoms with Gasteiger partial charge in [-0.2, -0.15) is 17.9 Å². The number of alkyl halides is 3. The third kappa shape index (κ3) is 3.69. The molecule has 1 aliphatic rings. The van der Waals surface area contributed by atoms with Crippen LogP contribution in [0.4, 0.5) is 13.2 Å². The lowest BCUT2D eigenvalue weighted by molar-refractivity contribution is -0.137. The number of halogens is 3. The van der Waals surface area contributed by atoms with Crippen LogP contribution in [0.15, 0.2) is 24.3 Å². The van der Waals surface area contributed by atoms with Crippen LogP contribution in [0.1, 0.15) is 24.2 Å². The summed E-state index contributed by atoms with van der Waals surface area (Å²) in [6.45, 7) is 1.09. The van der Waals surface area contributed by atoms with Gasteiger partial charge in [-0.3, -0.25) is 9.69 Å². The van der Waals surface area contributed by atoms with Gasteiger partial charge >= 0.3 is 6.18 Å². The molecule has 0 unspecified atom stereocenters. The van der Waals surface area contributed by atoms with Crippen molar-refractivity contribution in [3.63, 3.8) is 0 Å². The smallest absolute Gasteiger partial charge is 0.347 e. The van der Waals surface area contributed by atoms with Gasteiger partial charge in [0.1, 0.15) is 0 Å². The van der Waals surface area contributed by atoms with Crippen molar-refractivity contribution in [2.24, 2.45) is 0 Å². The fourth-order valence-corrected chi connectivity index (χ4v) is 3.07. The van der Waals surface area contributed by atoms with Crippen molar-refractivity contribution >= 4 is 5.91 Å². The molecule has 2 heterocycles. The summed E-state index contributed by atoms with van der Waals surface area (Å²) >= 11 is 0. The summed E-state index contributed by atoms with van der Waals surface area (Å²) in [4.78, 5) is 15.8. The van der Waals surface area contributed by atoms with Gasteiger partial charge in [0.2, 0.25) is 5.91 Å². The standard InChI is InChI=1S/C16H19F3N6O/c1-23(2)15(26)13-4-3-9-24(13)10-14-20-21-22-25(14)12-7-5-11(6-8-12)16(17,18)19/h5-8,13H,3-4,9-10H2,1-2H3/t13-/m1/s1. The van der Waals surface area contributed by atoms with E-state index in [4.69, 9.17) is 0 Å². The number of aromatic nitrogens is 4. The van der Waals surface area contributed by atoms with Gasteiger partial charge in [-0.05, 0) is 54.1 Å². The Labute approximate surface area is 148 Å². The molecule has 0 bridgehead atoms. The summed E-state index contributed by atoms with van der Waals surface area (Å²) in [7, 11) is 3.43. The van der Waals surface area contributed by atoms with Gasteiger partial charge in [0, 0.05) is 14.1 Å². The number of carbonyl (C=O) groups excluding carboxylic acids is 1. The molecule has 0 N–H and O–H groups in total. The van der Waals surface area contributed by atoms with Gasteiger partial charge in [0.25, 0.3) is 0 Å². The molecule has 1 atom stereocenters. The Kier molecular flexibility index (Phi) is 4.94. The summed E-state index contributed by atoms with van der Waals surface area (Å²) in [5, 5.41) is 11.5. The molecular weight excluding hydrogens is 349 g/mol. The molecule has 1 saturated heterocycles. The summed E-state index contributed by atoms with van der Waals surface area (Å²) in [5.74, 6) is 0.499. The largest absolute Gasteiger partial charge is 0.416 e. The average Bonchev–Trinajstić information content (AvgIpc) is 3.23. The fourth-order valence-electron chi connectivity index (χ4n) is 3.07. The molecule has 1 fully saturated rings. The van der Waals surface area contributed by atoms with Crippen LogP contribution >= 0.6 is 0 Å². The second-order valence-electron chi connectivity index (χ2n) is 6.41. The quantitative estimate of drug-likeness (QED) is 0.822. The highest BCUT2D eigenvalue weighted by atomic mass is 19.4. The van der Waals surface area contributed by atoms with Crippen LogP contribution in [0.25, 0.3) is 5.69 Å². The number of benzene rings is 1. The van der Waals surface area contributed by atoms with Crippen LogP contribution in [0.2, 0.25) is 0 Å². The normalized spacial score (nSPS) is 18.3. The molecular formula is C16H19F3N6O. The predicted octanol–water partition coefficient (Wildman–Crippen LogP) is 1.73. The number of hydrogen-bond donors (Lipinski definition) is 0. The third-order valence-corrected chi connectivity index (χ3v) is 4.41. The fraction of sp³-hybridized carbons (Fsp3) is 0.500. The Balaban J connectivity index is 1.80. The molecule has 140 valence electrons. The summed E-state index contributed by atoms with van der Waals surface area (Å²) in [6.07, 6.45) is -2.73. The lowest BCUT2D eigenvalue weighted by Gasteiger charge is -2.25. The first-order valence-electron chi connectivity index (χ1n) is 8.17. The van der Waals surface area contributed by atoms with Crippen molar-refractivity contribution in [3.05, 3.63) is 35.7 Å².